The number of benzene rings is 1. The lowest BCUT2D eigenvalue weighted by Gasteiger charge is -2.37. The predicted octanol–water partition coefficient (Wildman–Crippen LogP) is 0.683. The first kappa shape index (κ1) is 19.8. The highest BCUT2D eigenvalue weighted by molar-refractivity contribution is 7.89. The fraction of sp³-hybridized carbons (Fsp3) is 0.588. The molecule has 8 heteroatoms. The maximum absolute atomic E-state index is 12.7. The molecule has 7 nitrogen and oxygen atoms in total. The minimum absolute atomic E-state index is 0.0988. The van der Waals surface area contributed by atoms with Crippen LogP contribution >= 0.6 is 0 Å². The quantitative estimate of drug-likeness (QED) is 0.738. The number of methoxy groups -OCH3 is 1. The lowest BCUT2D eigenvalue weighted by atomic mass is 9.80. The highest BCUT2D eigenvalue weighted by Crippen LogP contribution is 2.29. The van der Waals surface area contributed by atoms with Crippen LogP contribution in [0.25, 0.3) is 0 Å². The van der Waals surface area contributed by atoms with Crippen LogP contribution in [0.2, 0.25) is 0 Å². The number of sulfonamides is 1. The largest absolute Gasteiger partial charge is 0.384 e. The van der Waals surface area contributed by atoms with Crippen LogP contribution in [-0.2, 0) is 14.8 Å². The Bertz CT molecular complexity index is 692. The van der Waals surface area contributed by atoms with Gasteiger partial charge >= 0.3 is 0 Å². The van der Waals surface area contributed by atoms with Gasteiger partial charge in [-0.15, -0.1) is 0 Å². The fourth-order valence-electron chi connectivity index (χ4n) is 3.02. The minimum Gasteiger partial charge on any atom is -0.384 e. The summed E-state index contributed by atoms with van der Waals surface area (Å²) in [6, 6.07) is 6.11. The third kappa shape index (κ3) is 5.01. The summed E-state index contributed by atoms with van der Waals surface area (Å²) < 4.78 is 33.4. The number of hydrogen-bond donors (Lipinski definition) is 2. The predicted molar refractivity (Wildman–Crippen MR) is 96.1 cm³/mol. The number of nitrogens with zero attached hydrogens (tertiary/aromatic N) is 1. The van der Waals surface area contributed by atoms with Gasteiger partial charge < -0.3 is 15.0 Å². The molecule has 0 atom stereocenters. The first-order chi connectivity index (χ1) is 11.8. The molecule has 1 fully saturated rings. The SMILES string of the molecule is COCC1(CNS(=O)(=O)c2cccc(C(=O)N(C)C)c2)CCNCC1. The highest BCUT2D eigenvalue weighted by atomic mass is 32.2. The summed E-state index contributed by atoms with van der Waals surface area (Å²) in [4.78, 5) is 13.6. The number of amides is 1. The third-order valence-electron chi connectivity index (χ3n) is 4.55. The van der Waals surface area contributed by atoms with Crippen LogP contribution < -0.4 is 10.0 Å². The van der Waals surface area contributed by atoms with Gasteiger partial charge in [-0.25, -0.2) is 13.1 Å². The number of ether oxygens (including phenoxy) is 1. The van der Waals surface area contributed by atoms with Gasteiger partial charge in [-0.2, -0.15) is 0 Å². The number of rotatable bonds is 7. The Labute approximate surface area is 149 Å². The zero-order chi connectivity index (χ0) is 18.5. The number of carbonyl (C=O) groups excluding carboxylic acids is 1. The van der Waals surface area contributed by atoms with E-state index >= 15 is 0 Å². The van der Waals surface area contributed by atoms with Crippen molar-refractivity contribution in [2.45, 2.75) is 17.7 Å². The Morgan fingerprint density at radius 3 is 2.60 bits per heavy atom. The molecule has 1 aromatic rings. The maximum atomic E-state index is 12.7. The third-order valence-corrected chi connectivity index (χ3v) is 5.95. The Kier molecular flexibility index (Phi) is 6.56. The molecule has 1 aliphatic rings. The Morgan fingerprint density at radius 2 is 2.00 bits per heavy atom. The Hall–Kier alpha value is -1.48. The van der Waals surface area contributed by atoms with E-state index in [1.807, 2.05) is 0 Å². The fourth-order valence-corrected chi connectivity index (χ4v) is 4.22. The topological polar surface area (TPSA) is 87.7 Å². The van der Waals surface area contributed by atoms with Gasteiger partial charge in [-0.1, -0.05) is 6.07 Å². The van der Waals surface area contributed by atoms with Crippen LogP contribution in [0.15, 0.2) is 29.2 Å². The van der Waals surface area contributed by atoms with E-state index in [1.165, 1.54) is 17.0 Å². The molecule has 0 spiro atoms. The van der Waals surface area contributed by atoms with E-state index in [-0.39, 0.29) is 16.2 Å². The molecule has 1 heterocycles. The minimum atomic E-state index is -3.69. The van der Waals surface area contributed by atoms with Crippen LogP contribution in [0, 0.1) is 5.41 Å². The molecule has 2 N–H and O–H groups in total. The summed E-state index contributed by atoms with van der Waals surface area (Å²) in [6.07, 6.45) is 1.70. The molecule has 0 unspecified atom stereocenters. The number of carbonyl (C=O) groups is 1. The van der Waals surface area contributed by atoms with Gasteiger partial charge in [0.25, 0.3) is 5.91 Å². The molecule has 140 valence electrons. The lowest BCUT2D eigenvalue weighted by Crippen LogP contribution is -2.47. The molecule has 1 aliphatic heterocycles. The van der Waals surface area contributed by atoms with E-state index in [0.717, 1.165) is 25.9 Å². The monoisotopic (exact) mass is 369 g/mol. The summed E-state index contributed by atoms with van der Waals surface area (Å²) >= 11 is 0. The summed E-state index contributed by atoms with van der Waals surface area (Å²) in [6.45, 7) is 2.52. The zero-order valence-electron chi connectivity index (χ0n) is 15.0. The van der Waals surface area contributed by atoms with Crippen LogP contribution in [0.5, 0.6) is 0 Å². The number of piperidine rings is 1. The lowest BCUT2D eigenvalue weighted by molar-refractivity contribution is 0.0577. The van der Waals surface area contributed by atoms with Crippen LogP contribution in [-0.4, -0.2) is 66.7 Å². The van der Waals surface area contributed by atoms with Gasteiger partial charge in [0.15, 0.2) is 0 Å². The Morgan fingerprint density at radius 1 is 1.32 bits per heavy atom. The van der Waals surface area contributed by atoms with Crippen molar-refractivity contribution in [3.05, 3.63) is 29.8 Å². The second-order valence-corrected chi connectivity index (χ2v) is 8.50. The summed E-state index contributed by atoms with van der Waals surface area (Å²) in [5, 5.41) is 3.28. The van der Waals surface area contributed by atoms with Crippen molar-refractivity contribution in [3.63, 3.8) is 0 Å². The molecule has 1 amide bonds. The standard InChI is InChI=1S/C17H27N3O4S/c1-20(2)16(21)14-5-4-6-15(11-14)25(22,23)19-12-17(13-24-3)7-9-18-10-8-17/h4-6,11,18-19H,7-10,12-13H2,1-3H3. The summed E-state index contributed by atoms with van der Waals surface area (Å²) in [7, 11) is 1.20. The smallest absolute Gasteiger partial charge is 0.253 e. The molecule has 0 aliphatic carbocycles. The molecular formula is C17H27N3O4S. The average Bonchev–Trinajstić information content (AvgIpc) is 2.61. The second-order valence-electron chi connectivity index (χ2n) is 6.73. The van der Waals surface area contributed by atoms with Gasteiger partial charge in [0, 0.05) is 38.7 Å². The van der Waals surface area contributed by atoms with Crippen molar-refractivity contribution in [1.29, 1.82) is 0 Å². The van der Waals surface area contributed by atoms with Crippen molar-refractivity contribution >= 4 is 15.9 Å². The summed E-state index contributed by atoms with van der Waals surface area (Å²) in [5.74, 6) is -0.230. The molecule has 0 saturated carbocycles. The molecule has 0 aromatic heterocycles. The van der Waals surface area contributed by atoms with E-state index in [4.69, 9.17) is 4.74 Å². The van der Waals surface area contributed by atoms with Crippen molar-refractivity contribution in [2.24, 2.45) is 5.41 Å². The molecule has 1 aromatic carbocycles. The van der Waals surface area contributed by atoms with Gasteiger partial charge in [0.1, 0.15) is 0 Å². The van der Waals surface area contributed by atoms with Gasteiger partial charge in [-0.05, 0) is 44.1 Å². The molecule has 2 rings (SSSR count). The highest BCUT2D eigenvalue weighted by Gasteiger charge is 2.33. The van der Waals surface area contributed by atoms with Crippen LogP contribution in [0.3, 0.4) is 0 Å². The molecule has 0 bridgehead atoms. The van der Waals surface area contributed by atoms with Crippen molar-refractivity contribution < 1.29 is 17.9 Å². The second kappa shape index (κ2) is 8.27. The maximum Gasteiger partial charge on any atom is 0.253 e. The number of nitrogens with one attached hydrogen (secondary N) is 2. The first-order valence-electron chi connectivity index (χ1n) is 8.31. The van der Waals surface area contributed by atoms with E-state index in [9.17, 15) is 13.2 Å². The van der Waals surface area contributed by atoms with Crippen LogP contribution in [0.4, 0.5) is 0 Å². The summed E-state index contributed by atoms with van der Waals surface area (Å²) in [5.41, 5.74) is 0.144. The van der Waals surface area contributed by atoms with E-state index in [0.29, 0.717) is 18.7 Å². The Balaban J connectivity index is 2.15. The normalized spacial score (nSPS) is 17.2. The zero-order valence-corrected chi connectivity index (χ0v) is 15.9. The van der Waals surface area contributed by atoms with Crippen LogP contribution in [0.1, 0.15) is 23.2 Å². The van der Waals surface area contributed by atoms with Crippen molar-refractivity contribution in [3.8, 4) is 0 Å². The van der Waals surface area contributed by atoms with Gasteiger partial charge in [0.05, 0.1) is 11.5 Å². The van der Waals surface area contributed by atoms with Crippen molar-refractivity contribution in [2.75, 3.05) is 47.4 Å². The van der Waals surface area contributed by atoms with E-state index < -0.39 is 10.0 Å². The van der Waals surface area contributed by atoms with E-state index in [2.05, 4.69) is 10.0 Å². The number of hydrogen-bond acceptors (Lipinski definition) is 5. The first-order valence-corrected chi connectivity index (χ1v) is 9.79. The van der Waals surface area contributed by atoms with Gasteiger partial charge in [-0.3, -0.25) is 4.79 Å². The van der Waals surface area contributed by atoms with Crippen molar-refractivity contribution in [1.82, 2.24) is 14.9 Å². The molecular weight excluding hydrogens is 342 g/mol. The van der Waals surface area contributed by atoms with Gasteiger partial charge in [0.2, 0.25) is 10.0 Å². The van der Waals surface area contributed by atoms with E-state index in [1.54, 1.807) is 33.3 Å². The molecule has 25 heavy (non-hydrogen) atoms. The molecule has 0 radical (unpaired) electrons. The average molecular weight is 369 g/mol. The molecule has 1 saturated heterocycles.